The molecule has 1 unspecified atom stereocenters. The Hall–Kier alpha value is -1.09. The molecule has 0 amide bonds. The van der Waals surface area contributed by atoms with Gasteiger partial charge in [0.05, 0.1) is 6.10 Å². The van der Waals surface area contributed by atoms with Crippen molar-refractivity contribution in [2.24, 2.45) is 0 Å². The zero-order valence-electron chi connectivity index (χ0n) is 10.7. The van der Waals surface area contributed by atoms with E-state index in [1.54, 1.807) is 0 Å². The van der Waals surface area contributed by atoms with E-state index in [2.05, 4.69) is 43.4 Å². The van der Waals surface area contributed by atoms with E-state index in [4.69, 9.17) is 0 Å². The van der Waals surface area contributed by atoms with E-state index in [9.17, 15) is 5.11 Å². The molecule has 2 N–H and O–H groups in total. The summed E-state index contributed by atoms with van der Waals surface area (Å²) in [5.74, 6) is 0. The third-order valence-electron chi connectivity index (χ3n) is 2.88. The zero-order valence-corrected chi connectivity index (χ0v) is 11.5. The monoisotopic (exact) mass is 264 g/mol. The van der Waals surface area contributed by atoms with Crippen molar-refractivity contribution >= 4 is 10.8 Å². The molecule has 2 rings (SSSR count). The highest BCUT2D eigenvalue weighted by Gasteiger charge is 2.08. The van der Waals surface area contributed by atoms with Crippen LogP contribution in [0.4, 0.5) is 0 Å². The highest BCUT2D eigenvalue weighted by molar-refractivity contribution is 5.83. The lowest BCUT2D eigenvalue weighted by atomic mass is 10.0. The van der Waals surface area contributed by atoms with Crippen molar-refractivity contribution in [2.45, 2.75) is 26.0 Å². The minimum absolute atomic E-state index is 0. The van der Waals surface area contributed by atoms with Gasteiger partial charge in [-0.15, -0.1) is 0 Å². The van der Waals surface area contributed by atoms with Gasteiger partial charge in [-0.05, 0) is 22.4 Å². The fourth-order valence-electron chi connectivity index (χ4n) is 1.88. The molecule has 3 heteroatoms. The Morgan fingerprint density at radius 1 is 1.06 bits per heavy atom. The Labute approximate surface area is 114 Å². The first-order valence-electron chi connectivity index (χ1n) is 6.07. The SMILES string of the molecule is CC(C)NCC(O)c1ccc2ccccc2c1.[Cl-]. The fourth-order valence-corrected chi connectivity index (χ4v) is 1.88. The van der Waals surface area contributed by atoms with Gasteiger partial charge in [0, 0.05) is 12.6 Å². The molecule has 0 saturated carbocycles. The smallest absolute Gasteiger partial charge is 0.0914 e. The Bertz CT molecular complexity index is 499. The number of aliphatic hydroxyl groups excluding tert-OH is 1. The van der Waals surface area contributed by atoms with Crippen LogP contribution in [-0.4, -0.2) is 17.7 Å². The largest absolute Gasteiger partial charge is 1.00 e. The van der Waals surface area contributed by atoms with Gasteiger partial charge < -0.3 is 22.8 Å². The maximum Gasteiger partial charge on any atom is 0.0914 e. The van der Waals surface area contributed by atoms with Crippen molar-refractivity contribution in [3.8, 4) is 0 Å². The molecule has 18 heavy (non-hydrogen) atoms. The fraction of sp³-hybridized carbons (Fsp3) is 0.333. The highest BCUT2D eigenvalue weighted by Crippen LogP contribution is 2.20. The van der Waals surface area contributed by atoms with Gasteiger partial charge in [0.2, 0.25) is 0 Å². The van der Waals surface area contributed by atoms with E-state index in [0.29, 0.717) is 12.6 Å². The quantitative estimate of drug-likeness (QED) is 0.807. The lowest BCUT2D eigenvalue weighted by molar-refractivity contribution is -0.00000515. The summed E-state index contributed by atoms with van der Waals surface area (Å²) in [6.45, 7) is 4.75. The Morgan fingerprint density at radius 2 is 1.72 bits per heavy atom. The number of benzene rings is 2. The Kier molecular flexibility index (Phi) is 5.60. The molecule has 0 saturated heterocycles. The maximum atomic E-state index is 10.1. The zero-order chi connectivity index (χ0) is 12.3. The maximum absolute atomic E-state index is 10.1. The van der Waals surface area contributed by atoms with Gasteiger partial charge in [0.1, 0.15) is 0 Å². The Balaban J connectivity index is 0.00000162. The van der Waals surface area contributed by atoms with E-state index in [-0.39, 0.29) is 12.4 Å². The Morgan fingerprint density at radius 3 is 2.39 bits per heavy atom. The van der Waals surface area contributed by atoms with Crippen LogP contribution in [0.5, 0.6) is 0 Å². The first-order valence-corrected chi connectivity index (χ1v) is 6.07. The van der Waals surface area contributed by atoms with Crippen molar-refractivity contribution in [3.63, 3.8) is 0 Å². The van der Waals surface area contributed by atoms with E-state index in [1.165, 1.54) is 10.8 Å². The summed E-state index contributed by atoms with van der Waals surface area (Å²) in [5, 5.41) is 15.7. The summed E-state index contributed by atoms with van der Waals surface area (Å²) >= 11 is 0. The molecule has 0 heterocycles. The van der Waals surface area contributed by atoms with E-state index in [0.717, 1.165) is 5.56 Å². The number of rotatable bonds is 4. The third-order valence-corrected chi connectivity index (χ3v) is 2.88. The van der Waals surface area contributed by atoms with Crippen molar-refractivity contribution < 1.29 is 17.5 Å². The molecular formula is C15H19ClNO-. The van der Waals surface area contributed by atoms with E-state index >= 15 is 0 Å². The predicted octanol–water partition coefficient (Wildman–Crippen LogP) is -0.125. The molecule has 0 fully saturated rings. The first kappa shape index (κ1) is 15.0. The minimum Gasteiger partial charge on any atom is -1.00 e. The molecule has 0 aliphatic heterocycles. The van der Waals surface area contributed by atoms with Gasteiger partial charge in [-0.3, -0.25) is 0 Å². The van der Waals surface area contributed by atoms with Crippen LogP contribution in [0.1, 0.15) is 25.5 Å². The van der Waals surface area contributed by atoms with Crippen LogP contribution in [0.3, 0.4) is 0 Å². The van der Waals surface area contributed by atoms with Gasteiger partial charge in [0.25, 0.3) is 0 Å². The normalized spacial score (nSPS) is 12.4. The molecule has 0 aromatic heterocycles. The summed E-state index contributed by atoms with van der Waals surface area (Å²) in [5.41, 5.74) is 0.969. The van der Waals surface area contributed by atoms with Gasteiger partial charge >= 0.3 is 0 Å². The molecule has 2 aromatic carbocycles. The number of fused-ring (bicyclic) bond motifs is 1. The van der Waals surface area contributed by atoms with E-state index in [1.807, 2.05) is 18.2 Å². The number of hydrogen-bond acceptors (Lipinski definition) is 2. The molecule has 0 spiro atoms. The third kappa shape index (κ3) is 3.70. The summed E-state index contributed by atoms with van der Waals surface area (Å²) in [7, 11) is 0. The average molecular weight is 265 g/mol. The molecule has 2 aromatic rings. The molecule has 1 atom stereocenters. The molecule has 98 valence electrons. The van der Waals surface area contributed by atoms with Gasteiger partial charge in [-0.1, -0.05) is 50.2 Å². The molecule has 0 aliphatic rings. The summed E-state index contributed by atoms with van der Waals surface area (Å²) in [6.07, 6.45) is -0.443. The first-order chi connectivity index (χ1) is 8.16. The van der Waals surface area contributed by atoms with Crippen LogP contribution in [0, 0.1) is 0 Å². The van der Waals surface area contributed by atoms with Crippen molar-refractivity contribution in [1.29, 1.82) is 0 Å². The van der Waals surface area contributed by atoms with Gasteiger partial charge in [-0.25, -0.2) is 0 Å². The van der Waals surface area contributed by atoms with Crippen molar-refractivity contribution in [1.82, 2.24) is 5.32 Å². The van der Waals surface area contributed by atoms with Crippen LogP contribution < -0.4 is 17.7 Å². The van der Waals surface area contributed by atoms with Crippen LogP contribution in [0.25, 0.3) is 10.8 Å². The number of halogens is 1. The summed E-state index contributed by atoms with van der Waals surface area (Å²) in [4.78, 5) is 0. The number of aliphatic hydroxyl groups is 1. The van der Waals surface area contributed by atoms with Gasteiger partial charge in [0.15, 0.2) is 0 Å². The van der Waals surface area contributed by atoms with Crippen LogP contribution >= 0.6 is 0 Å². The molecule has 0 aliphatic carbocycles. The standard InChI is InChI=1S/C15H19NO.ClH/c1-11(2)16-10-15(17)14-8-7-12-5-3-4-6-13(12)9-14;/h3-9,11,15-17H,10H2,1-2H3;1H/p-1. The lowest BCUT2D eigenvalue weighted by Crippen LogP contribution is -3.00. The van der Waals surface area contributed by atoms with Crippen molar-refractivity contribution in [2.75, 3.05) is 6.54 Å². The summed E-state index contributed by atoms with van der Waals surface area (Å²) in [6, 6.07) is 14.7. The predicted molar refractivity (Wildman–Crippen MR) is 72.0 cm³/mol. The highest BCUT2D eigenvalue weighted by atomic mass is 35.5. The molecule has 0 radical (unpaired) electrons. The van der Waals surface area contributed by atoms with Crippen LogP contribution in [-0.2, 0) is 0 Å². The van der Waals surface area contributed by atoms with E-state index < -0.39 is 6.10 Å². The molecular weight excluding hydrogens is 246 g/mol. The number of nitrogens with one attached hydrogen (secondary N) is 1. The second-order valence-corrected chi connectivity index (χ2v) is 4.69. The lowest BCUT2D eigenvalue weighted by Gasteiger charge is -2.15. The minimum atomic E-state index is -0.443. The average Bonchev–Trinajstić information content (AvgIpc) is 2.35. The second kappa shape index (κ2) is 6.74. The molecule has 2 nitrogen and oxygen atoms in total. The van der Waals surface area contributed by atoms with Gasteiger partial charge in [-0.2, -0.15) is 0 Å². The van der Waals surface area contributed by atoms with Crippen LogP contribution in [0.2, 0.25) is 0 Å². The number of hydrogen-bond donors (Lipinski definition) is 2. The topological polar surface area (TPSA) is 32.3 Å². The molecule has 0 bridgehead atoms. The summed E-state index contributed by atoms with van der Waals surface area (Å²) < 4.78 is 0. The second-order valence-electron chi connectivity index (χ2n) is 4.69. The van der Waals surface area contributed by atoms with Crippen LogP contribution in [0.15, 0.2) is 42.5 Å². The van der Waals surface area contributed by atoms with Crippen molar-refractivity contribution in [3.05, 3.63) is 48.0 Å².